The van der Waals surface area contributed by atoms with Gasteiger partial charge in [0, 0.05) is 38.3 Å². The van der Waals surface area contributed by atoms with Crippen LogP contribution in [0.25, 0.3) is 0 Å². The van der Waals surface area contributed by atoms with Gasteiger partial charge in [0.25, 0.3) is 11.6 Å². The normalized spacial score (nSPS) is 22.0. The molecule has 142 valence electrons. The first-order valence-corrected chi connectivity index (χ1v) is 9.63. The number of fused-ring (bicyclic) bond motifs is 1. The van der Waals surface area contributed by atoms with Crippen LogP contribution in [0.3, 0.4) is 0 Å². The van der Waals surface area contributed by atoms with Crippen LogP contribution in [-0.4, -0.2) is 73.9 Å². The highest BCUT2D eigenvalue weighted by Gasteiger charge is 2.43. The number of nitro benzene ring substituents is 1. The lowest BCUT2D eigenvalue weighted by molar-refractivity contribution is -0.384. The Kier molecular flexibility index (Phi) is 4.70. The fourth-order valence-corrected chi connectivity index (χ4v) is 4.87. The summed E-state index contributed by atoms with van der Waals surface area (Å²) in [5.74, 6) is 0.494. The van der Waals surface area contributed by atoms with Crippen LogP contribution in [0.1, 0.15) is 22.2 Å². The maximum Gasteiger partial charge on any atom is 0.269 e. The zero-order valence-electron chi connectivity index (χ0n) is 15.1. The number of hydrogen-bond acceptors (Lipinski definition) is 8. The lowest BCUT2D eigenvalue weighted by atomic mass is 9.99. The van der Waals surface area contributed by atoms with E-state index < -0.39 is 4.92 Å². The molecule has 1 saturated heterocycles. The Morgan fingerprint density at radius 1 is 1.22 bits per heavy atom. The zero-order valence-corrected chi connectivity index (χ0v) is 15.9. The van der Waals surface area contributed by atoms with Crippen molar-refractivity contribution >= 4 is 23.4 Å². The second-order valence-electron chi connectivity index (χ2n) is 6.86. The van der Waals surface area contributed by atoms with E-state index in [0.29, 0.717) is 11.0 Å². The van der Waals surface area contributed by atoms with Gasteiger partial charge in [-0.3, -0.25) is 19.8 Å². The highest BCUT2D eigenvalue weighted by molar-refractivity contribution is 8.00. The standard InChI is InChI=1S/C17H20N6O3S/c1-11-18-17-22(19-11)16(24)15(27-17)14(21-9-7-20(2)8-10-21)12-3-5-13(6-4-12)23(25)26/h3-6,14-15H,7-10H2,1-2H3. The van der Waals surface area contributed by atoms with Crippen molar-refractivity contribution in [1.29, 1.82) is 0 Å². The molecular weight excluding hydrogens is 368 g/mol. The smallest absolute Gasteiger partial charge is 0.269 e. The van der Waals surface area contributed by atoms with Gasteiger partial charge >= 0.3 is 0 Å². The van der Waals surface area contributed by atoms with E-state index in [1.807, 2.05) is 0 Å². The quantitative estimate of drug-likeness (QED) is 0.575. The summed E-state index contributed by atoms with van der Waals surface area (Å²) in [6, 6.07) is 6.34. The molecule has 0 bridgehead atoms. The Bertz CT molecular complexity index is 875. The van der Waals surface area contributed by atoms with Gasteiger partial charge in [-0.15, -0.1) is 5.10 Å². The summed E-state index contributed by atoms with van der Waals surface area (Å²) in [7, 11) is 2.08. The highest BCUT2D eigenvalue weighted by Crippen LogP contribution is 2.41. The molecule has 2 aliphatic heterocycles. The molecule has 0 radical (unpaired) electrons. The number of nitro groups is 1. The van der Waals surface area contributed by atoms with Crippen molar-refractivity contribution in [2.45, 2.75) is 23.4 Å². The number of aromatic nitrogens is 3. The van der Waals surface area contributed by atoms with Crippen molar-refractivity contribution < 1.29 is 9.72 Å². The van der Waals surface area contributed by atoms with Crippen molar-refractivity contribution in [3.63, 3.8) is 0 Å². The minimum absolute atomic E-state index is 0.0477. The maximum atomic E-state index is 13.0. The third kappa shape index (κ3) is 3.35. The summed E-state index contributed by atoms with van der Waals surface area (Å²) in [4.78, 5) is 32.5. The number of likely N-dealkylation sites (N-methyl/N-ethyl adjacent to an activating group) is 1. The number of nitrogens with zero attached hydrogens (tertiary/aromatic N) is 6. The maximum absolute atomic E-state index is 13.0. The Balaban J connectivity index is 1.67. The van der Waals surface area contributed by atoms with Crippen LogP contribution >= 0.6 is 11.8 Å². The first-order valence-electron chi connectivity index (χ1n) is 8.75. The molecule has 3 heterocycles. The van der Waals surface area contributed by atoms with Crippen LogP contribution in [0.5, 0.6) is 0 Å². The average molecular weight is 388 g/mol. The Morgan fingerprint density at radius 3 is 2.48 bits per heavy atom. The van der Waals surface area contributed by atoms with E-state index in [4.69, 9.17) is 0 Å². The number of aryl methyl sites for hydroxylation is 1. The predicted molar refractivity (Wildman–Crippen MR) is 99.9 cm³/mol. The predicted octanol–water partition coefficient (Wildman–Crippen LogP) is 1.60. The van der Waals surface area contributed by atoms with Crippen LogP contribution in [0.4, 0.5) is 5.69 Å². The fourth-order valence-electron chi connectivity index (χ4n) is 3.57. The van der Waals surface area contributed by atoms with Gasteiger partial charge in [0.05, 0.1) is 11.0 Å². The SMILES string of the molecule is Cc1nc2n(n1)C(=O)C(C(c1ccc([N+](=O)[O-])cc1)N1CCN(C)CC1)S2. The first kappa shape index (κ1) is 18.1. The number of benzene rings is 1. The van der Waals surface area contributed by atoms with Crippen LogP contribution in [0, 0.1) is 17.0 Å². The Labute approximate surface area is 160 Å². The number of carbonyl (C=O) groups is 1. The molecule has 9 nitrogen and oxygen atoms in total. The molecule has 4 rings (SSSR count). The number of carbonyl (C=O) groups excluding carboxylic acids is 1. The van der Waals surface area contributed by atoms with E-state index in [2.05, 4.69) is 26.9 Å². The van der Waals surface area contributed by atoms with Crippen molar-refractivity contribution in [1.82, 2.24) is 24.6 Å². The van der Waals surface area contributed by atoms with Crippen LogP contribution in [0.15, 0.2) is 29.4 Å². The van der Waals surface area contributed by atoms with Crippen molar-refractivity contribution in [2.24, 2.45) is 0 Å². The number of rotatable bonds is 4. The van der Waals surface area contributed by atoms with E-state index in [1.165, 1.54) is 28.6 Å². The summed E-state index contributed by atoms with van der Waals surface area (Å²) in [5.41, 5.74) is 0.949. The van der Waals surface area contributed by atoms with Crippen molar-refractivity contribution in [2.75, 3.05) is 33.2 Å². The molecule has 0 N–H and O–H groups in total. The highest BCUT2D eigenvalue weighted by atomic mass is 32.2. The topological polar surface area (TPSA) is 97.4 Å². The summed E-state index contributed by atoms with van der Waals surface area (Å²) in [6.45, 7) is 5.25. The summed E-state index contributed by atoms with van der Waals surface area (Å²) in [6.07, 6.45) is 0. The van der Waals surface area contributed by atoms with E-state index in [1.54, 1.807) is 19.1 Å². The minimum Gasteiger partial charge on any atom is -0.304 e. The number of hydrogen-bond donors (Lipinski definition) is 0. The molecule has 0 saturated carbocycles. The third-order valence-electron chi connectivity index (χ3n) is 5.03. The minimum atomic E-state index is -0.410. The number of non-ortho nitro benzene ring substituents is 1. The Morgan fingerprint density at radius 2 is 1.89 bits per heavy atom. The molecule has 0 aliphatic carbocycles. The van der Waals surface area contributed by atoms with E-state index in [0.717, 1.165) is 31.7 Å². The molecule has 0 amide bonds. The number of thioether (sulfide) groups is 1. The molecule has 1 fully saturated rings. The molecular formula is C17H20N6O3S. The lowest BCUT2D eigenvalue weighted by Gasteiger charge is -2.39. The molecule has 2 aromatic rings. The molecule has 0 spiro atoms. The Hall–Kier alpha value is -2.30. The van der Waals surface area contributed by atoms with Gasteiger partial charge in [0.1, 0.15) is 11.1 Å². The van der Waals surface area contributed by atoms with Crippen molar-refractivity contribution in [3.8, 4) is 0 Å². The molecule has 27 heavy (non-hydrogen) atoms. The van der Waals surface area contributed by atoms with Gasteiger partial charge in [-0.2, -0.15) is 4.68 Å². The van der Waals surface area contributed by atoms with E-state index in [-0.39, 0.29) is 22.9 Å². The molecule has 2 atom stereocenters. The second kappa shape index (κ2) is 7.02. The summed E-state index contributed by atoms with van der Waals surface area (Å²) < 4.78 is 1.39. The summed E-state index contributed by atoms with van der Waals surface area (Å²) in [5, 5.41) is 15.4. The van der Waals surface area contributed by atoms with Crippen LogP contribution in [-0.2, 0) is 0 Å². The fraction of sp³-hybridized carbons (Fsp3) is 0.471. The lowest BCUT2D eigenvalue weighted by Crippen LogP contribution is -2.49. The first-order chi connectivity index (χ1) is 12.9. The zero-order chi connectivity index (χ0) is 19.1. The third-order valence-corrected chi connectivity index (χ3v) is 6.22. The largest absolute Gasteiger partial charge is 0.304 e. The molecule has 2 unspecified atom stereocenters. The van der Waals surface area contributed by atoms with E-state index >= 15 is 0 Å². The van der Waals surface area contributed by atoms with Gasteiger partial charge in [-0.05, 0) is 19.5 Å². The molecule has 2 aliphatic rings. The van der Waals surface area contributed by atoms with E-state index in [9.17, 15) is 14.9 Å². The van der Waals surface area contributed by atoms with Gasteiger partial charge in [-0.1, -0.05) is 23.9 Å². The molecule has 1 aromatic carbocycles. The van der Waals surface area contributed by atoms with Gasteiger partial charge in [0.2, 0.25) is 0 Å². The van der Waals surface area contributed by atoms with Gasteiger partial charge in [0.15, 0.2) is 5.16 Å². The van der Waals surface area contributed by atoms with Gasteiger partial charge < -0.3 is 4.90 Å². The number of piperazine rings is 1. The van der Waals surface area contributed by atoms with Gasteiger partial charge in [-0.25, -0.2) is 4.98 Å². The second-order valence-corrected chi connectivity index (χ2v) is 7.97. The van der Waals surface area contributed by atoms with Crippen molar-refractivity contribution in [3.05, 3.63) is 45.8 Å². The molecule has 1 aromatic heterocycles. The molecule has 10 heteroatoms. The average Bonchev–Trinajstić information content (AvgIpc) is 3.15. The monoisotopic (exact) mass is 388 g/mol. The summed E-state index contributed by atoms with van der Waals surface area (Å²) >= 11 is 1.42. The van der Waals surface area contributed by atoms with Crippen LogP contribution in [0.2, 0.25) is 0 Å². The van der Waals surface area contributed by atoms with Crippen LogP contribution < -0.4 is 0 Å².